The van der Waals surface area contributed by atoms with Crippen LogP contribution in [0.4, 0.5) is 0 Å². The van der Waals surface area contributed by atoms with Gasteiger partial charge in [0.05, 0.1) is 7.11 Å². The van der Waals surface area contributed by atoms with Gasteiger partial charge in [-0.05, 0) is 48.9 Å². The normalized spacial score (nSPS) is 13.7. The Morgan fingerprint density at radius 2 is 2.05 bits per heavy atom. The smallest absolute Gasteiger partial charge is 0.330 e. The van der Waals surface area contributed by atoms with Crippen molar-refractivity contribution >= 4 is 17.3 Å². The highest BCUT2D eigenvalue weighted by Crippen LogP contribution is 2.25. The predicted octanol–water partition coefficient (Wildman–Crippen LogP) is 3.54. The van der Waals surface area contributed by atoms with Crippen molar-refractivity contribution in [1.29, 1.82) is 0 Å². The van der Waals surface area contributed by atoms with Crippen molar-refractivity contribution in [2.45, 2.75) is 32.9 Å². The third kappa shape index (κ3) is 3.34. The van der Waals surface area contributed by atoms with Crippen LogP contribution in [0.2, 0.25) is 0 Å². The summed E-state index contributed by atoms with van der Waals surface area (Å²) < 4.78 is 5.01. The monoisotopic (exact) mass is 303 g/mol. The average Bonchev–Trinajstić information content (AvgIpc) is 3.00. The summed E-state index contributed by atoms with van der Waals surface area (Å²) in [5.74, 6) is -0.276. The zero-order chi connectivity index (χ0) is 15.5. The largest absolute Gasteiger partial charge is 0.467 e. The van der Waals surface area contributed by atoms with Crippen LogP contribution in [0, 0.1) is 13.8 Å². The lowest BCUT2D eigenvalue weighted by atomic mass is 9.89. The second kappa shape index (κ2) is 6.41. The van der Waals surface area contributed by atoms with Crippen molar-refractivity contribution in [1.82, 2.24) is 5.32 Å². The highest BCUT2D eigenvalue weighted by atomic mass is 32.1. The lowest BCUT2D eigenvalue weighted by molar-refractivity contribution is -0.148. The molecule has 0 spiro atoms. The molecule has 21 heavy (non-hydrogen) atoms. The van der Waals surface area contributed by atoms with Gasteiger partial charge in [-0.3, -0.25) is 5.32 Å². The van der Waals surface area contributed by atoms with Crippen molar-refractivity contribution in [2.75, 3.05) is 7.11 Å². The minimum Gasteiger partial charge on any atom is -0.467 e. The van der Waals surface area contributed by atoms with Gasteiger partial charge in [-0.15, -0.1) is 11.3 Å². The predicted molar refractivity (Wildman–Crippen MR) is 86.4 cm³/mol. The first kappa shape index (κ1) is 15.7. The van der Waals surface area contributed by atoms with Crippen LogP contribution in [-0.4, -0.2) is 13.1 Å². The number of nitrogens with one attached hydrogen (secondary N) is 1. The van der Waals surface area contributed by atoms with Gasteiger partial charge < -0.3 is 4.74 Å². The van der Waals surface area contributed by atoms with Gasteiger partial charge in [-0.2, -0.15) is 0 Å². The third-order valence-corrected chi connectivity index (χ3v) is 4.75. The molecule has 0 bridgehead atoms. The summed E-state index contributed by atoms with van der Waals surface area (Å²) in [6.45, 7) is 6.62. The molecule has 1 aromatic heterocycles. The fraction of sp³-hybridized carbons (Fsp3) is 0.353. The molecule has 112 valence electrons. The lowest BCUT2D eigenvalue weighted by Crippen LogP contribution is -2.47. The van der Waals surface area contributed by atoms with Gasteiger partial charge in [0.25, 0.3) is 0 Å². The summed E-state index contributed by atoms with van der Waals surface area (Å²) >= 11 is 1.67. The molecule has 0 fully saturated rings. The Bertz CT molecular complexity index is 622. The lowest BCUT2D eigenvalue weighted by Gasteiger charge is -2.29. The molecule has 1 heterocycles. The standard InChI is InChI=1S/C17H21NO2S/c1-12-7-8-14(10-13(12)2)17(3,16(19)20-4)18-11-15-6-5-9-21-15/h5-10,18H,11H2,1-4H3. The van der Waals surface area contributed by atoms with E-state index in [9.17, 15) is 4.79 Å². The molecule has 0 radical (unpaired) electrons. The van der Waals surface area contributed by atoms with Crippen LogP contribution in [0.15, 0.2) is 35.7 Å². The zero-order valence-electron chi connectivity index (χ0n) is 12.9. The SMILES string of the molecule is COC(=O)C(C)(NCc1cccs1)c1ccc(C)c(C)c1. The second-order valence-electron chi connectivity index (χ2n) is 5.35. The van der Waals surface area contributed by atoms with Gasteiger partial charge >= 0.3 is 5.97 Å². The topological polar surface area (TPSA) is 38.3 Å². The van der Waals surface area contributed by atoms with Crippen LogP contribution in [-0.2, 0) is 21.6 Å². The van der Waals surface area contributed by atoms with Crippen molar-refractivity contribution in [3.8, 4) is 0 Å². The van der Waals surface area contributed by atoms with Crippen molar-refractivity contribution in [3.63, 3.8) is 0 Å². The van der Waals surface area contributed by atoms with Crippen LogP contribution in [0.5, 0.6) is 0 Å². The average molecular weight is 303 g/mol. The Morgan fingerprint density at radius 1 is 1.29 bits per heavy atom. The number of carbonyl (C=O) groups is 1. The maximum atomic E-state index is 12.3. The molecule has 0 saturated carbocycles. The molecule has 1 aromatic carbocycles. The van der Waals surface area contributed by atoms with E-state index in [1.807, 2.05) is 36.6 Å². The summed E-state index contributed by atoms with van der Waals surface area (Å²) in [5.41, 5.74) is 2.45. The number of rotatable bonds is 5. The van der Waals surface area contributed by atoms with E-state index in [4.69, 9.17) is 4.74 Å². The van der Waals surface area contributed by atoms with E-state index in [0.717, 1.165) is 5.56 Å². The fourth-order valence-corrected chi connectivity index (χ4v) is 2.87. The van der Waals surface area contributed by atoms with Crippen LogP contribution in [0.1, 0.15) is 28.5 Å². The maximum absolute atomic E-state index is 12.3. The van der Waals surface area contributed by atoms with E-state index in [2.05, 4.69) is 25.2 Å². The molecule has 3 nitrogen and oxygen atoms in total. The van der Waals surface area contributed by atoms with E-state index < -0.39 is 5.54 Å². The summed E-state index contributed by atoms with van der Waals surface area (Å²) in [7, 11) is 1.43. The van der Waals surface area contributed by atoms with Gasteiger partial charge in [-0.25, -0.2) is 4.79 Å². The molecule has 0 aliphatic carbocycles. The first-order chi connectivity index (χ1) is 9.97. The number of carbonyl (C=O) groups excluding carboxylic acids is 1. The van der Waals surface area contributed by atoms with Gasteiger partial charge in [-0.1, -0.05) is 24.3 Å². The first-order valence-electron chi connectivity index (χ1n) is 6.91. The van der Waals surface area contributed by atoms with Crippen LogP contribution in [0.3, 0.4) is 0 Å². The first-order valence-corrected chi connectivity index (χ1v) is 7.79. The Balaban J connectivity index is 2.31. The maximum Gasteiger partial charge on any atom is 0.330 e. The van der Waals surface area contributed by atoms with Gasteiger partial charge in [0, 0.05) is 11.4 Å². The molecule has 1 atom stereocenters. The van der Waals surface area contributed by atoms with Gasteiger partial charge in [0.15, 0.2) is 0 Å². The molecule has 2 rings (SSSR count). The number of thiophene rings is 1. The number of benzene rings is 1. The van der Waals surface area contributed by atoms with E-state index in [0.29, 0.717) is 6.54 Å². The molecule has 4 heteroatoms. The summed E-state index contributed by atoms with van der Waals surface area (Å²) in [5, 5.41) is 5.38. The highest BCUT2D eigenvalue weighted by molar-refractivity contribution is 7.09. The molecular formula is C17H21NO2S. The Labute approximate surface area is 130 Å². The van der Waals surface area contributed by atoms with Gasteiger partial charge in [0.1, 0.15) is 5.54 Å². The number of esters is 1. The van der Waals surface area contributed by atoms with E-state index in [1.54, 1.807) is 11.3 Å². The van der Waals surface area contributed by atoms with Crippen molar-refractivity contribution in [2.24, 2.45) is 0 Å². The molecular weight excluding hydrogens is 282 g/mol. The molecule has 1 N–H and O–H groups in total. The van der Waals surface area contributed by atoms with E-state index in [1.165, 1.54) is 23.1 Å². The summed E-state index contributed by atoms with van der Waals surface area (Å²) in [4.78, 5) is 13.5. The number of aryl methyl sites for hydroxylation is 2. The minimum atomic E-state index is -0.850. The molecule has 0 aliphatic heterocycles. The third-order valence-electron chi connectivity index (χ3n) is 3.87. The summed E-state index contributed by atoms with van der Waals surface area (Å²) in [6.07, 6.45) is 0. The van der Waals surface area contributed by atoms with Crippen LogP contribution < -0.4 is 5.32 Å². The molecule has 1 unspecified atom stereocenters. The van der Waals surface area contributed by atoms with Gasteiger partial charge in [0.2, 0.25) is 0 Å². The Hall–Kier alpha value is -1.65. The number of hydrogen-bond acceptors (Lipinski definition) is 4. The second-order valence-corrected chi connectivity index (χ2v) is 6.38. The number of methoxy groups -OCH3 is 1. The van der Waals surface area contributed by atoms with Crippen LogP contribution >= 0.6 is 11.3 Å². The van der Waals surface area contributed by atoms with E-state index in [-0.39, 0.29) is 5.97 Å². The quantitative estimate of drug-likeness (QED) is 0.859. The number of ether oxygens (including phenoxy) is 1. The van der Waals surface area contributed by atoms with Crippen molar-refractivity contribution in [3.05, 3.63) is 57.3 Å². The number of hydrogen-bond donors (Lipinski definition) is 1. The molecule has 0 aliphatic rings. The Morgan fingerprint density at radius 3 is 2.62 bits per heavy atom. The van der Waals surface area contributed by atoms with E-state index >= 15 is 0 Å². The summed E-state index contributed by atoms with van der Waals surface area (Å²) in [6, 6.07) is 10.1. The molecule has 2 aromatic rings. The Kier molecular flexibility index (Phi) is 4.80. The van der Waals surface area contributed by atoms with Crippen molar-refractivity contribution < 1.29 is 9.53 Å². The molecule has 0 amide bonds. The minimum absolute atomic E-state index is 0.276. The fourth-order valence-electron chi connectivity index (χ4n) is 2.23. The zero-order valence-corrected chi connectivity index (χ0v) is 13.7. The van der Waals surface area contributed by atoms with Crippen LogP contribution in [0.25, 0.3) is 0 Å². The molecule has 0 saturated heterocycles. The highest BCUT2D eigenvalue weighted by Gasteiger charge is 2.36.